The van der Waals surface area contributed by atoms with Crippen molar-refractivity contribution in [2.75, 3.05) is 12.4 Å². The monoisotopic (exact) mass is 253 g/mol. The average molecular weight is 253 g/mol. The first-order chi connectivity index (χ1) is 8.58. The number of hydrogen-bond acceptors (Lipinski definition) is 3. The third kappa shape index (κ3) is 3.13. The van der Waals surface area contributed by atoms with E-state index in [1.807, 2.05) is 0 Å². The van der Waals surface area contributed by atoms with E-state index in [9.17, 15) is 4.39 Å². The van der Waals surface area contributed by atoms with Crippen LogP contribution in [0, 0.1) is 5.82 Å². The maximum absolute atomic E-state index is 13.3. The number of nitrogens with one attached hydrogen (secondary N) is 1. The van der Waals surface area contributed by atoms with E-state index in [1.165, 1.54) is 13.2 Å². The Morgan fingerprint density at radius 1 is 1.28 bits per heavy atom. The van der Waals surface area contributed by atoms with Crippen molar-refractivity contribution in [3.05, 3.63) is 24.0 Å². The highest BCUT2D eigenvalue weighted by Gasteiger charge is 2.24. The summed E-state index contributed by atoms with van der Waals surface area (Å²) in [7, 11) is 1.47. The lowest BCUT2D eigenvalue weighted by atomic mass is 9.99. The minimum Gasteiger partial charge on any atom is -0.494 e. The van der Waals surface area contributed by atoms with E-state index < -0.39 is 0 Å². The summed E-state index contributed by atoms with van der Waals surface area (Å²) in [6.07, 6.45) is 2.44. The second-order valence-electron chi connectivity index (χ2n) is 4.92. The van der Waals surface area contributed by atoms with Gasteiger partial charge in [0.05, 0.1) is 19.3 Å². The fraction of sp³-hybridized carbons (Fsp3) is 0.571. The first-order valence-electron chi connectivity index (χ1n) is 6.34. The van der Waals surface area contributed by atoms with Crippen LogP contribution < -0.4 is 10.1 Å². The molecule has 2 unspecified atom stereocenters. The molecule has 18 heavy (non-hydrogen) atoms. The SMILES string of the molecule is COc1cc(NC2CC(C)OC(C)C2)ccc1F. The lowest BCUT2D eigenvalue weighted by Crippen LogP contribution is -2.36. The Bertz CT molecular complexity index is 401. The van der Waals surface area contributed by atoms with Gasteiger partial charge in [0.25, 0.3) is 0 Å². The standard InChI is InChI=1S/C14H20FNO2/c1-9-6-12(7-10(2)18-9)16-11-4-5-13(15)14(8-11)17-3/h4-5,8-10,12,16H,6-7H2,1-3H3. The molecule has 1 saturated heterocycles. The van der Waals surface area contributed by atoms with Gasteiger partial charge in [-0.1, -0.05) is 0 Å². The molecule has 1 aromatic rings. The summed E-state index contributed by atoms with van der Waals surface area (Å²) in [5.74, 6) is -0.0649. The second kappa shape index (κ2) is 5.57. The van der Waals surface area contributed by atoms with Gasteiger partial charge in [0, 0.05) is 17.8 Å². The van der Waals surface area contributed by atoms with Gasteiger partial charge >= 0.3 is 0 Å². The summed E-state index contributed by atoms with van der Waals surface area (Å²) in [6, 6.07) is 5.22. The fourth-order valence-corrected chi connectivity index (χ4v) is 2.51. The number of rotatable bonds is 3. The van der Waals surface area contributed by atoms with Crippen LogP contribution in [-0.2, 0) is 4.74 Å². The number of benzene rings is 1. The van der Waals surface area contributed by atoms with Crippen LogP contribution in [0.2, 0.25) is 0 Å². The van der Waals surface area contributed by atoms with E-state index in [4.69, 9.17) is 9.47 Å². The molecule has 1 fully saturated rings. The summed E-state index contributed by atoms with van der Waals surface area (Å²) in [5, 5.41) is 3.42. The van der Waals surface area contributed by atoms with E-state index in [-0.39, 0.29) is 23.8 Å². The number of hydrogen-bond donors (Lipinski definition) is 1. The Morgan fingerprint density at radius 2 is 1.94 bits per heavy atom. The van der Waals surface area contributed by atoms with Crippen molar-refractivity contribution < 1.29 is 13.9 Å². The van der Waals surface area contributed by atoms with Crippen LogP contribution in [0.4, 0.5) is 10.1 Å². The molecule has 0 bridgehead atoms. The molecule has 0 aliphatic carbocycles. The number of anilines is 1. The molecule has 0 saturated carbocycles. The highest BCUT2D eigenvalue weighted by molar-refractivity contribution is 5.49. The fourth-order valence-electron chi connectivity index (χ4n) is 2.51. The Balaban J connectivity index is 2.04. The van der Waals surface area contributed by atoms with Gasteiger partial charge < -0.3 is 14.8 Å². The third-order valence-electron chi connectivity index (χ3n) is 3.22. The van der Waals surface area contributed by atoms with Gasteiger partial charge in [-0.3, -0.25) is 0 Å². The van der Waals surface area contributed by atoms with Crippen LogP contribution in [0.25, 0.3) is 0 Å². The summed E-state index contributed by atoms with van der Waals surface area (Å²) < 4.78 is 24.0. The first kappa shape index (κ1) is 13.1. The Labute approximate surface area is 107 Å². The lowest BCUT2D eigenvalue weighted by Gasteiger charge is -2.33. The zero-order valence-corrected chi connectivity index (χ0v) is 11.1. The highest BCUT2D eigenvalue weighted by atomic mass is 19.1. The van der Waals surface area contributed by atoms with Gasteiger partial charge in [-0.2, -0.15) is 0 Å². The van der Waals surface area contributed by atoms with Crippen molar-refractivity contribution in [3.63, 3.8) is 0 Å². The quantitative estimate of drug-likeness (QED) is 0.897. The molecule has 0 spiro atoms. The van der Waals surface area contributed by atoms with Crippen LogP contribution in [0.15, 0.2) is 18.2 Å². The van der Waals surface area contributed by atoms with Crippen molar-refractivity contribution in [1.29, 1.82) is 0 Å². The molecule has 1 aromatic carbocycles. The van der Waals surface area contributed by atoms with Crippen molar-refractivity contribution in [1.82, 2.24) is 0 Å². The van der Waals surface area contributed by atoms with Crippen LogP contribution in [0.5, 0.6) is 5.75 Å². The molecule has 3 nitrogen and oxygen atoms in total. The van der Waals surface area contributed by atoms with E-state index in [0.29, 0.717) is 6.04 Å². The van der Waals surface area contributed by atoms with Gasteiger partial charge in [0.15, 0.2) is 11.6 Å². The molecular weight excluding hydrogens is 233 g/mol. The van der Waals surface area contributed by atoms with Crippen molar-refractivity contribution >= 4 is 5.69 Å². The van der Waals surface area contributed by atoms with Crippen molar-refractivity contribution in [2.45, 2.75) is 44.9 Å². The molecule has 2 atom stereocenters. The van der Waals surface area contributed by atoms with Crippen molar-refractivity contribution in [2.24, 2.45) is 0 Å². The minimum absolute atomic E-state index is 0.258. The highest BCUT2D eigenvalue weighted by Crippen LogP contribution is 2.26. The zero-order chi connectivity index (χ0) is 13.1. The normalized spacial score (nSPS) is 27.9. The number of halogens is 1. The van der Waals surface area contributed by atoms with Crippen LogP contribution >= 0.6 is 0 Å². The van der Waals surface area contributed by atoms with E-state index >= 15 is 0 Å². The summed E-state index contributed by atoms with van der Waals surface area (Å²) in [6.45, 7) is 4.16. The Hall–Kier alpha value is -1.29. The maximum atomic E-state index is 13.3. The minimum atomic E-state index is -0.336. The zero-order valence-electron chi connectivity index (χ0n) is 11.1. The van der Waals surface area contributed by atoms with Crippen LogP contribution in [0.1, 0.15) is 26.7 Å². The van der Waals surface area contributed by atoms with Crippen LogP contribution in [0.3, 0.4) is 0 Å². The third-order valence-corrected chi connectivity index (χ3v) is 3.22. The van der Waals surface area contributed by atoms with E-state index in [1.54, 1.807) is 12.1 Å². The summed E-state index contributed by atoms with van der Waals surface area (Å²) in [5.41, 5.74) is 0.888. The predicted molar refractivity (Wildman–Crippen MR) is 69.6 cm³/mol. The molecule has 1 aliphatic heterocycles. The molecule has 1 aliphatic rings. The molecule has 1 N–H and O–H groups in total. The van der Waals surface area contributed by atoms with Gasteiger partial charge in [-0.25, -0.2) is 4.39 Å². The second-order valence-corrected chi connectivity index (χ2v) is 4.92. The Kier molecular flexibility index (Phi) is 4.07. The number of methoxy groups -OCH3 is 1. The maximum Gasteiger partial charge on any atom is 0.165 e. The average Bonchev–Trinajstić information content (AvgIpc) is 2.30. The Morgan fingerprint density at radius 3 is 2.56 bits per heavy atom. The topological polar surface area (TPSA) is 30.5 Å². The lowest BCUT2D eigenvalue weighted by molar-refractivity contribution is -0.0337. The molecule has 4 heteroatoms. The molecule has 0 radical (unpaired) electrons. The first-order valence-corrected chi connectivity index (χ1v) is 6.34. The van der Waals surface area contributed by atoms with Gasteiger partial charge in [-0.15, -0.1) is 0 Å². The van der Waals surface area contributed by atoms with Gasteiger partial charge in [-0.05, 0) is 38.8 Å². The van der Waals surface area contributed by atoms with E-state index in [2.05, 4.69) is 19.2 Å². The molecule has 0 aromatic heterocycles. The smallest absolute Gasteiger partial charge is 0.165 e. The number of ether oxygens (including phenoxy) is 2. The molecule has 1 heterocycles. The summed E-state index contributed by atoms with van der Waals surface area (Å²) >= 11 is 0. The van der Waals surface area contributed by atoms with Gasteiger partial charge in [0.1, 0.15) is 0 Å². The molecular formula is C14H20FNO2. The summed E-state index contributed by atoms with van der Waals surface area (Å²) in [4.78, 5) is 0. The molecule has 2 rings (SSSR count). The largest absolute Gasteiger partial charge is 0.494 e. The molecule has 100 valence electrons. The van der Waals surface area contributed by atoms with E-state index in [0.717, 1.165) is 18.5 Å². The molecule has 0 amide bonds. The van der Waals surface area contributed by atoms with Crippen LogP contribution in [-0.4, -0.2) is 25.4 Å². The van der Waals surface area contributed by atoms with Gasteiger partial charge in [0.2, 0.25) is 0 Å². The predicted octanol–water partition coefficient (Wildman–Crippen LogP) is 3.20. The van der Waals surface area contributed by atoms with Crippen molar-refractivity contribution in [3.8, 4) is 5.75 Å².